The minimum absolute atomic E-state index is 0.00782. The molecule has 1 rings (SSSR count). The summed E-state index contributed by atoms with van der Waals surface area (Å²) in [5.41, 5.74) is 0.420. The van der Waals surface area contributed by atoms with Crippen LogP contribution in [0.2, 0.25) is 0 Å². The molecule has 0 saturated carbocycles. The minimum atomic E-state index is -0.00782. The number of rotatable bonds is 1. The molecule has 0 heterocycles. The molecule has 4 heteroatoms. The second kappa shape index (κ2) is 5.86. The molecule has 0 fully saturated rings. The molecule has 0 saturated heterocycles. The molecule has 13 heavy (non-hydrogen) atoms. The van der Waals surface area contributed by atoms with E-state index in [1.165, 1.54) is 13.2 Å². The second-order valence-electron chi connectivity index (χ2n) is 2.00. The van der Waals surface area contributed by atoms with Crippen molar-refractivity contribution in [2.24, 2.45) is 0 Å². The smallest absolute Gasteiger partial charge is 0.160 e. The maximum Gasteiger partial charge on any atom is 0.160 e. The third-order valence-corrected chi connectivity index (χ3v) is 1.31. The Balaban J connectivity index is 0.000000671. The highest BCUT2D eigenvalue weighted by Gasteiger charge is 2.00. The maximum atomic E-state index is 9.15. The molecule has 0 aromatic heterocycles. The highest BCUT2D eigenvalue weighted by Crippen LogP contribution is 2.25. The van der Waals surface area contributed by atoms with Crippen molar-refractivity contribution >= 4 is 0 Å². The summed E-state index contributed by atoms with van der Waals surface area (Å²) in [5, 5.41) is 24.6. The molecule has 0 radical (unpaired) electrons. The van der Waals surface area contributed by atoms with Crippen LogP contribution in [0, 0.1) is 11.3 Å². The van der Waals surface area contributed by atoms with E-state index in [9.17, 15) is 0 Å². The van der Waals surface area contributed by atoms with Crippen molar-refractivity contribution in [2.45, 2.75) is 0 Å². The van der Waals surface area contributed by atoms with Crippen LogP contribution in [0.1, 0.15) is 5.56 Å². The average Bonchev–Trinajstić information content (AvgIpc) is 2.20. The first kappa shape index (κ1) is 11.3. The zero-order valence-electron chi connectivity index (χ0n) is 7.48. The lowest BCUT2D eigenvalue weighted by Gasteiger charge is -2.01. The normalized spacial score (nSPS) is 7.85. The van der Waals surface area contributed by atoms with Crippen molar-refractivity contribution in [2.75, 3.05) is 14.2 Å². The van der Waals surface area contributed by atoms with E-state index in [0.29, 0.717) is 11.3 Å². The minimum Gasteiger partial charge on any atom is -0.504 e. The van der Waals surface area contributed by atoms with Gasteiger partial charge < -0.3 is 14.9 Å². The van der Waals surface area contributed by atoms with Crippen molar-refractivity contribution in [3.05, 3.63) is 23.8 Å². The summed E-state index contributed by atoms with van der Waals surface area (Å²) in [7, 11) is 2.46. The largest absolute Gasteiger partial charge is 0.504 e. The van der Waals surface area contributed by atoms with Gasteiger partial charge >= 0.3 is 0 Å². The molecule has 0 amide bonds. The first-order valence-corrected chi connectivity index (χ1v) is 3.49. The number of phenolic OH excluding ortho intramolecular Hbond substituents is 1. The molecular formula is C9H11NO3. The molecule has 70 valence electrons. The highest BCUT2D eigenvalue weighted by molar-refractivity contribution is 5.45. The molecule has 1 aromatic rings. The van der Waals surface area contributed by atoms with Gasteiger partial charge in [0, 0.05) is 13.2 Å². The molecule has 2 N–H and O–H groups in total. The molecule has 0 atom stereocenters. The second-order valence-corrected chi connectivity index (χ2v) is 2.00. The van der Waals surface area contributed by atoms with Crippen molar-refractivity contribution < 1.29 is 14.9 Å². The Morgan fingerprint density at radius 3 is 2.38 bits per heavy atom. The Hall–Kier alpha value is -1.73. The number of aliphatic hydroxyl groups excluding tert-OH is 1. The SMILES string of the molecule is CO.COc1ccc(C#N)cc1O. The van der Waals surface area contributed by atoms with Crippen LogP contribution in [0.5, 0.6) is 11.5 Å². The molecule has 4 nitrogen and oxygen atoms in total. The van der Waals surface area contributed by atoms with E-state index >= 15 is 0 Å². The van der Waals surface area contributed by atoms with Gasteiger partial charge in [-0.25, -0.2) is 0 Å². The zero-order chi connectivity index (χ0) is 10.3. The number of aliphatic hydroxyl groups is 1. The van der Waals surface area contributed by atoms with Gasteiger partial charge in [-0.15, -0.1) is 0 Å². The molecular weight excluding hydrogens is 170 g/mol. The van der Waals surface area contributed by atoms with Crippen LogP contribution in [0.25, 0.3) is 0 Å². The van der Waals surface area contributed by atoms with Gasteiger partial charge in [-0.1, -0.05) is 0 Å². The van der Waals surface area contributed by atoms with Crippen LogP contribution < -0.4 is 4.74 Å². The lowest BCUT2D eigenvalue weighted by molar-refractivity contribution is 0.373. The summed E-state index contributed by atoms with van der Waals surface area (Å²) < 4.78 is 4.79. The van der Waals surface area contributed by atoms with E-state index < -0.39 is 0 Å². The van der Waals surface area contributed by atoms with E-state index in [-0.39, 0.29) is 5.75 Å². The Morgan fingerprint density at radius 1 is 1.38 bits per heavy atom. The number of nitriles is 1. The Morgan fingerprint density at radius 2 is 2.00 bits per heavy atom. The summed E-state index contributed by atoms with van der Waals surface area (Å²) in [6.45, 7) is 0. The van der Waals surface area contributed by atoms with E-state index in [1.807, 2.05) is 6.07 Å². The number of phenols is 1. The van der Waals surface area contributed by atoms with Gasteiger partial charge in [0.2, 0.25) is 0 Å². The number of aromatic hydroxyl groups is 1. The number of benzene rings is 1. The fourth-order valence-electron chi connectivity index (χ4n) is 0.760. The van der Waals surface area contributed by atoms with Crippen molar-refractivity contribution in [1.29, 1.82) is 5.26 Å². The van der Waals surface area contributed by atoms with Crippen LogP contribution in [0.3, 0.4) is 0 Å². The first-order valence-electron chi connectivity index (χ1n) is 3.49. The third-order valence-electron chi connectivity index (χ3n) is 1.31. The lowest BCUT2D eigenvalue weighted by Crippen LogP contribution is -1.83. The standard InChI is InChI=1S/C8H7NO2.CH4O/c1-11-8-3-2-6(5-9)4-7(8)10;1-2/h2-4,10H,1H3;2H,1H3. The van der Waals surface area contributed by atoms with Crippen LogP contribution >= 0.6 is 0 Å². The van der Waals surface area contributed by atoms with Crippen LogP contribution in [-0.2, 0) is 0 Å². The number of hydrogen-bond acceptors (Lipinski definition) is 4. The number of ether oxygens (including phenoxy) is 1. The Labute approximate surface area is 76.6 Å². The molecule has 0 spiro atoms. The summed E-state index contributed by atoms with van der Waals surface area (Å²) >= 11 is 0. The van der Waals surface area contributed by atoms with Crippen molar-refractivity contribution in [3.8, 4) is 17.6 Å². The quantitative estimate of drug-likeness (QED) is 0.674. The van der Waals surface area contributed by atoms with Gasteiger partial charge in [0.15, 0.2) is 11.5 Å². The number of methoxy groups -OCH3 is 1. The summed E-state index contributed by atoms with van der Waals surface area (Å²) in [6.07, 6.45) is 0. The van der Waals surface area contributed by atoms with Crippen LogP contribution in [0.15, 0.2) is 18.2 Å². The van der Waals surface area contributed by atoms with E-state index in [4.69, 9.17) is 20.2 Å². The maximum absolute atomic E-state index is 9.15. The molecule has 0 aliphatic heterocycles. The molecule has 1 aromatic carbocycles. The van der Waals surface area contributed by atoms with Crippen LogP contribution in [-0.4, -0.2) is 24.4 Å². The fraction of sp³-hybridized carbons (Fsp3) is 0.222. The summed E-state index contributed by atoms with van der Waals surface area (Å²) in [6, 6.07) is 6.39. The predicted octanol–water partition coefficient (Wildman–Crippen LogP) is 0.881. The van der Waals surface area contributed by atoms with E-state index in [1.54, 1.807) is 12.1 Å². The predicted molar refractivity (Wildman–Crippen MR) is 47.5 cm³/mol. The van der Waals surface area contributed by atoms with Gasteiger partial charge in [-0.3, -0.25) is 0 Å². The monoisotopic (exact) mass is 181 g/mol. The number of hydrogen-bond donors (Lipinski definition) is 2. The Kier molecular flexibility index (Phi) is 5.08. The molecule has 0 bridgehead atoms. The van der Waals surface area contributed by atoms with Crippen LogP contribution in [0.4, 0.5) is 0 Å². The third kappa shape index (κ3) is 3.01. The highest BCUT2D eigenvalue weighted by atomic mass is 16.5. The first-order chi connectivity index (χ1) is 6.27. The summed E-state index contributed by atoms with van der Waals surface area (Å²) in [4.78, 5) is 0. The fourth-order valence-corrected chi connectivity index (χ4v) is 0.760. The van der Waals surface area contributed by atoms with Gasteiger partial charge in [0.05, 0.1) is 18.7 Å². The van der Waals surface area contributed by atoms with Gasteiger partial charge in [0.1, 0.15) is 0 Å². The molecule has 0 aliphatic rings. The van der Waals surface area contributed by atoms with E-state index in [0.717, 1.165) is 7.11 Å². The average molecular weight is 181 g/mol. The number of nitrogens with zero attached hydrogens (tertiary/aromatic N) is 1. The molecule has 0 aliphatic carbocycles. The molecule has 0 unspecified atom stereocenters. The van der Waals surface area contributed by atoms with Crippen molar-refractivity contribution in [3.63, 3.8) is 0 Å². The topological polar surface area (TPSA) is 73.5 Å². The van der Waals surface area contributed by atoms with Gasteiger partial charge in [-0.2, -0.15) is 5.26 Å². The van der Waals surface area contributed by atoms with Gasteiger partial charge in [-0.05, 0) is 12.1 Å². The Bertz CT molecular complexity index is 304. The lowest BCUT2D eigenvalue weighted by atomic mass is 10.2. The van der Waals surface area contributed by atoms with Gasteiger partial charge in [0.25, 0.3) is 0 Å². The van der Waals surface area contributed by atoms with E-state index in [2.05, 4.69) is 0 Å². The summed E-state index contributed by atoms with van der Waals surface area (Å²) in [5.74, 6) is 0.371. The van der Waals surface area contributed by atoms with Crippen molar-refractivity contribution in [1.82, 2.24) is 0 Å². The zero-order valence-corrected chi connectivity index (χ0v) is 7.48.